The lowest BCUT2D eigenvalue weighted by atomic mass is 9.97. The lowest BCUT2D eigenvalue weighted by Crippen LogP contribution is -2.48. The maximum atomic E-state index is 12.8. The van der Waals surface area contributed by atoms with E-state index in [2.05, 4.69) is 17.3 Å². The minimum absolute atomic E-state index is 0.164. The van der Waals surface area contributed by atoms with E-state index in [0.29, 0.717) is 47.3 Å². The maximum absolute atomic E-state index is 12.8. The van der Waals surface area contributed by atoms with Crippen LogP contribution in [0, 0.1) is 0 Å². The third-order valence-electron chi connectivity index (χ3n) is 5.32. The average molecular weight is 368 g/mol. The van der Waals surface area contributed by atoms with E-state index in [9.17, 15) is 4.79 Å². The standard InChI is InChI=1S/C18H26ClN3O3/c1-22-12-3-4-13(22)8-11(7-12)21-18(23)14-9-15(19)16(20)10-17(14)25-6-5-24-2/h9-13H,3-8,20H2,1-2H3,(H,21,23). The lowest BCUT2D eigenvalue weighted by Gasteiger charge is -2.36. The van der Waals surface area contributed by atoms with Gasteiger partial charge < -0.3 is 25.4 Å². The smallest absolute Gasteiger partial charge is 0.255 e. The number of fused-ring (bicyclic) bond motifs is 2. The first kappa shape index (κ1) is 18.3. The van der Waals surface area contributed by atoms with Crippen LogP contribution in [0.4, 0.5) is 5.69 Å². The summed E-state index contributed by atoms with van der Waals surface area (Å²) in [5.41, 5.74) is 6.67. The molecule has 2 aliphatic heterocycles. The first-order valence-corrected chi connectivity index (χ1v) is 9.11. The first-order valence-electron chi connectivity index (χ1n) is 8.73. The molecule has 0 saturated carbocycles. The second kappa shape index (κ2) is 7.81. The second-order valence-electron chi connectivity index (χ2n) is 6.90. The third-order valence-corrected chi connectivity index (χ3v) is 5.65. The fraction of sp³-hybridized carbons (Fsp3) is 0.611. The van der Waals surface area contributed by atoms with Crippen molar-refractivity contribution >= 4 is 23.2 Å². The molecule has 0 aromatic heterocycles. The highest BCUT2D eigenvalue weighted by atomic mass is 35.5. The van der Waals surface area contributed by atoms with Gasteiger partial charge in [0.05, 0.1) is 22.9 Å². The van der Waals surface area contributed by atoms with Gasteiger partial charge in [0.1, 0.15) is 12.4 Å². The van der Waals surface area contributed by atoms with Gasteiger partial charge in [-0.3, -0.25) is 4.79 Å². The minimum atomic E-state index is -0.164. The molecule has 0 radical (unpaired) electrons. The molecule has 1 amide bonds. The van der Waals surface area contributed by atoms with Gasteiger partial charge in [-0.1, -0.05) is 11.6 Å². The SMILES string of the molecule is COCCOc1cc(N)c(Cl)cc1C(=O)NC1CC2CCC(C1)N2C. The second-order valence-corrected chi connectivity index (χ2v) is 7.31. The number of benzene rings is 1. The Morgan fingerprint density at radius 1 is 1.32 bits per heavy atom. The summed E-state index contributed by atoms with van der Waals surface area (Å²) in [6.45, 7) is 0.776. The van der Waals surface area contributed by atoms with E-state index in [1.807, 2.05) is 0 Å². The zero-order valence-electron chi connectivity index (χ0n) is 14.8. The number of nitrogens with one attached hydrogen (secondary N) is 1. The minimum Gasteiger partial charge on any atom is -0.490 e. The summed E-state index contributed by atoms with van der Waals surface area (Å²) in [6.07, 6.45) is 4.40. The van der Waals surface area contributed by atoms with Gasteiger partial charge in [0, 0.05) is 31.3 Å². The Hall–Kier alpha value is -1.50. The zero-order chi connectivity index (χ0) is 18.0. The van der Waals surface area contributed by atoms with Gasteiger partial charge in [0.15, 0.2) is 0 Å². The van der Waals surface area contributed by atoms with Gasteiger partial charge in [-0.25, -0.2) is 0 Å². The van der Waals surface area contributed by atoms with Crippen LogP contribution in [-0.4, -0.2) is 56.3 Å². The number of hydrogen-bond acceptors (Lipinski definition) is 5. The predicted octanol–water partition coefficient (Wildman–Crippen LogP) is 2.30. The molecule has 2 saturated heterocycles. The number of ether oxygens (including phenoxy) is 2. The molecule has 7 heteroatoms. The molecule has 3 rings (SSSR count). The summed E-state index contributed by atoms with van der Waals surface area (Å²) in [7, 11) is 3.78. The Bertz CT molecular complexity index is 626. The van der Waals surface area contributed by atoms with E-state index in [-0.39, 0.29) is 11.9 Å². The van der Waals surface area contributed by atoms with Crippen LogP contribution in [-0.2, 0) is 4.74 Å². The summed E-state index contributed by atoms with van der Waals surface area (Å²) in [5.74, 6) is 0.274. The Labute approximate surface area is 153 Å². The van der Waals surface area contributed by atoms with Gasteiger partial charge >= 0.3 is 0 Å². The quantitative estimate of drug-likeness (QED) is 0.596. The number of carbonyl (C=O) groups excluding carboxylic acids is 1. The molecule has 2 aliphatic rings. The van der Waals surface area contributed by atoms with Crippen molar-refractivity contribution in [3.8, 4) is 5.75 Å². The fourth-order valence-electron chi connectivity index (χ4n) is 3.89. The number of anilines is 1. The van der Waals surface area contributed by atoms with Gasteiger partial charge in [-0.2, -0.15) is 0 Å². The van der Waals surface area contributed by atoms with Crippen LogP contribution < -0.4 is 15.8 Å². The number of methoxy groups -OCH3 is 1. The van der Waals surface area contributed by atoms with Gasteiger partial charge in [-0.15, -0.1) is 0 Å². The molecule has 0 spiro atoms. The van der Waals surface area contributed by atoms with Crippen LogP contribution in [0.15, 0.2) is 12.1 Å². The topological polar surface area (TPSA) is 76.8 Å². The van der Waals surface area contributed by atoms with E-state index in [0.717, 1.165) is 12.8 Å². The third kappa shape index (κ3) is 4.02. The lowest BCUT2D eigenvalue weighted by molar-refractivity contribution is 0.0875. The number of rotatable bonds is 6. The van der Waals surface area contributed by atoms with Crippen molar-refractivity contribution in [2.24, 2.45) is 0 Å². The summed E-state index contributed by atoms with van der Waals surface area (Å²) in [6, 6.07) is 4.50. The van der Waals surface area contributed by atoms with Crippen LogP contribution in [0.25, 0.3) is 0 Å². The molecule has 0 aliphatic carbocycles. The Balaban J connectivity index is 1.71. The molecule has 138 valence electrons. The molecule has 2 heterocycles. The highest BCUT2D eigenvalue weighted by Gasteiger charge is 2.39. The van der Waals surface area contributed by atoms with Gasteiger partial charge in [0.2, 0.25) is 0 Å². The number of hydrogen-bond donors (Lipinski definition) is 2. The van der Waals surface area contributed by atoms with Crippen LogP contribution in [0.2, 0.25) is 5.02 Å². The number of halogens is 1. The normalized spacial score (nSPS) is 25.8. The molecule has 6 nitrogen and oxygen atoms in total. The van der Waals surface area contributed by atoms with Crippen molar-refractivity contribution in [1.82, 2.24) is 10.2 Å². The monoisotopic (exact) mass is 367 g/mol. The van der Waals surface area contributed by atoms with Crippen molar-refractivity contribution in [3.63, 3.8) is 0 Å². The summed E-state index contributed by atoms with van der Waals surface area (Å²) in [4.78, 5) is 15.3. The molecule has 2 fully saturated rings. The van der Waals surface area contributed by atoms with Crippen LogP contribution in [0.5, 0.6) is 5.75 Å². The van der Waals surface area contributed by atoms with Gasteiger partial charge in [-0.05, 0) is 38.8 Å². The van der Waals surface area contributed by atoms with E-state index >= 15 is 0 Å². The highest BCUT2D eigenvalue weighted by molar-refractivity contribution is 6.33. The molecule has 2 atom stereocenters. The van der Waals surface area contributed by atoms with E-state index in [1.54, 1.807) is 19.2 Å². The van der Waals surface area contributed by atoms with Crippen molar-refractivity contribution in [3.05, 3.63) is 22.7 Å². The number of carbonyl (C=O) groups is 1. The molecule has 25 heavy (non-hydrogen) atoms. The largest absolute Gasteiger partial charge is 0.490 e. The summed E-state index contributed by atoms with van der Waals surface area (Å²) >= 11 is 6.12. The number of piperidine rings is 1. The van der Waals surface area contributed by atoms with Crippen molar-refractivity contribution in [1.29, 1.82) is 0 Å². The molecule has 2 bridgehead atoms. The van der Waals surface area contributed by atoms with E-state index in [4.69, 9.17) is 26.8 Å². The number of amides is 1. The number of nitrogens with zero attached hydrogens (tertiary/aromatic N) is 1. The molecule has 1 aromatic carbocycles. The van der Waals surface area contributed by atoms with Crippen molar-refractivity contribution in [2.75, 3.05) is 33.1 Å². The van der Waals surface area contributed by atoms with E-state index < -0.39 is 0 Å². The van der Waals surface area contributed by atoms with Crippen LogP contribution in [0.3, 0.4) is 0 Å². The predicted molar refractivity (Wildman–Crippen MR) is 98.3 cm³/mol. The highest BCUT2D eigenvalue weighted by Crippen LogP contribution is 2.35. The van der Waals surface area contributed by atoms with Crippen LogP contribution in [0.1, 0.15) is 36.0 Å². The number of nitrogens with two attached hydrogens (primary N) is 1. The first-order chi connectivity index (χ1) is 12.0. The van der Waals surface area contributed by atoms with E-state index in [1.165, 1.54) is 12.8 Å². The maximum Gasteiger partial charge on any atom is 0.255 e. The molecule has 2 unspecified atom stereocenters. The van der Waals surface area contributed by atoms with Crippen LogP contribution >= 0.6 is 11.6 Å². The molecule has 3 N–H and O–H groups in total. The number of nitrogen functional groups attached to an aromatic ring is 1. The van der Waals surface area contributed by atoms with Gasteiger partial charge in [0.25, 0.3) is 5.91 Å². The van der Waals surface area contributed by atoms with Crippen molar-refractivity contribution in [2.45, 2.75) is 43.8 Å². The Morgan fingerprint density at radius 2 is 2.00 bits per heavy atom. The Morgan fingerprint density at radius 3 is 2.64 bits per heavy atom. The average Bonchev–Trinajstić information content (AvgIpc) is 2.80. The molecular formula is C18H26ClN3O3. The summed E-state index contributed by atoms with van der Waals surface area (Å²) < 4.78 is 10.7. The summed E-state index contributed by atoms with van der Waals surface area (Å²) in [5, 5.41) is 3.51. The molecular weight excluding hydrogens is 342 g/mol. The zero-order valence-corrected chi connectivity index (χ0v) is 15.5. The van der Waals surface area contributed by atoms with Crippen molar-refractivity contribution < 1.29 is 14.3 Å². The fourth-order valence-corrected chi connectivity index (χ4v) is 4.06. The Kier molecular flexibility index (Phi) is 5.71. The molecule has 1 aromatic rings.